The molecule has 6 nitrogen and oxygen atoms in total. The minimum atomic E-state index is -0.229. The standard InChI is InChI=1S/C15H14N2O4/c1-9-14(10(2)21-17-9)15(18)16-7-12-3-4-13(20-12)11-5-6-19-8-11/h3-6,8H,7H2,1-2H3,(H,16,18). The molecule has 6 heteroatoms. The first-order valence-electron chi connectivity index (χ1n) is 6.47. The van der Waals surface area contributed by atoms with Gasteiger partial charge >= 0.3 is 0 Å². The zero-order chi connectivity index (χ0) is 14.8. The minimum Gasteiger partial charge on any atom is -0.472 e. The van der Waals surface area contributed by atoms with Crippen LogP contribution in [-0.4, -0.2) is 11.1 Å². The maximum absolute atomic E-state index is 12.1. The van der Waals surface area contributed by atoms with Gasteiger partial charge in [-0.1, -0.05) is 5.16 Å². The van der Waals surface area contributed by atoms with Gasteiger partial charge in [0.25, 0.3) is 5.91 Å². The number of aromatic nitrogens is 1. The zero-order valence-corrected chi connectivity index (χ0v) is 11.7. The predicted octanol–water partition coefficient (Wildman–Crippen LogP) is 3.07. The highest BCUT2D eigenvalue weighted by Crippen LogP contribution is 2.22. The monoisotopic (exact) mass is 286 g/mol. The van der Waals surface area contributed by atoms with Crippen LogP contribution in [0.5, 0.6) is 0 Å². The van der Waals surface area contributed by atoms with Gasteiger partial charge in [-0.3, -0.25) is 4.79 Å². The fourth-order valence-electron chi connectivity index (χ4n) is 2.10. The molecular formula is C15H14N2O4. The number of rotatable bonds is 4. The Balaban J connectivity index is 1.67. The lowest BCUT2D eigenvalue weighted by Gasteiger charge is -2.02. The fourth-order valence-corrected chi connectivity index (χ4v) is 2.10. The van der Waals surface area contributed by atoms with Crippen LogP contribution in [0, 0.1) is 13.8 Å². The molecule has 1 N–H and O–H groups in total. The van der Waals surface area contributed by atoms with Gasteiger partial charge < -0.3 is 18.7 Å². The summed E-state index contributed by atoms with van der Waals surface area (Å²) in [5, 5.41) is 6.55. The van der Waals surface area contributed by atoms with E-state index < -0.39 is 0 Å². The number of carbonyl (C=O) groups excluding carboxylic acids is 1. The van der Waals surface area contributed by atoms with Crippen molar-refractivity contribution < 1.29 is 18.2 Å². The van der Waals surface area contributed by atoms with Gasteiger partial charge in [0, 0.05) is 0 Å². The summed E-state index contributed by atoms with van der Waals surface area (Å²) in [7, 11) is 0. The van der Waals surface area contributed by atoms with Crippen LogP contribution in [0.15, 0.2) is 44.1 Å². The van der Waals surface area contributed by atoms with Crippen LogP contribution in [0.25, 0.3) is 11.3 Å². The molecule has 0 aromatic carbocycles. The molecule has 0 aliphatic heterocycles. The van der Waals surface area contributed by atoms with Crippen molar-refractivity contribution in [2.24, 2.45) is 0 Å². The lowest BCUT2D eigenvalue weighted by Crippen LogP contribution is -2.23. The molecule has 0 saturated heterocycles. The summed E-state index contributed by atoms with van der Waals surface area (Å²) < 4.78 is 15.6. The van der Waals surface area contributed by atoms with E-state index in [1.165, 1.54) is 0 Å². The molecule has 0 bridgehead atoms. The summed E-state index contributed by atoms with van der Waals surface area (Å²) in [6, 6.07) is 5.46. The first kappa shape index (κ1) is 13.2. The van der Waals surface area contributed by atoms with E-state index in [-0.39, 0.29) is 5.91 Å². The Morgan fingerprint density at radius 1 is 1.29 bits per heavy atom. The largest absolute Gasteiger partial charge is 0.472 e. The second-order valence-corrected chi connectivity index (χ2v) is 4.66. The van der Waals surface area contributed by atoms with Crippen molar-refractivity contribution in [1.82, 2.24) is 10.5 Å². The highest BCUT2D eigenvalue weighted by molar-refractivity contribution is 5.95. The molecule has 0 aliphatic carbocycles. The Labute approximate surface area is 120 Å². The molecule has 1 amide bonds. The van der Waals surface area contributed by atoms with Gasteiger partial charge in [-0.25, -0.2) is 0 Å². The minimum absolute atomic E-state index is 0.229. The summed E-state index contributed by atoms with van der Waals surface area (Å²) in [6.45, 7) is 3.73. The molecule has 3 heterocycles. The quantitative estimate of drug-likeness (QED) is 0.797. The number of hydrogen-bond acceptors (Lipinski definition) is 5. The normalized spacial score (nSPS) is 10.8. The molecular weight excluding hydrogens is 272 g/mol. The van der Waals surface area contributed by atoms with Crippen LogP contribution in [-0.2, 0) is 6.54 Å². The van der Waals surface area contributed by atoms with Crippen LogP contribution in [0.2, 0.25) is 0 Å². The number of hydrogen-bond donors (Lipinski definition) is 1. The first-order chi connectivity index (χ1) is 10.1. The van der Waals surface area contributed by atoms with Crippen molar-refractivity contribution in [3.63, 3.8) is 0 Å². The van der Waals surface area contributed by atoms with E-state index in [2.05, 4.69) is 10.5 Å². The number of furan rings is 2. The number of carbonyl (C=O) groups is 1. The average molecular weight is 286 g/mol. The van der Waals surface area contributed by atoms with Crippen LogP contribution >= 0.6 is 0 Å². The third-order valence-electron chi connectivity index (χ3n) is 3.15. The number of nitrogens with zero attached hydrogens (tertiary/aromatic N) is 1. The number of amides is 1. The summed E-state index contributed by atoms with van der Waals surface area (Å²) in [6.07, 6.45) is 3.18. The van der Waals surface area contributed by atoms with Crippen molar-refractivity contribution in [2.75, 3.05) is 0 Å². The predicted molar refractivity (Wildman–Crippen MR) is 73.6 cm³/mol. The number of nitrogens with one attached hydrogen (secondary N) is 1. The Morgan fingerprint density at radius 2 is 2.14 bits per heavy atom. The highest BCUT2D eigenvalue weighted by Gasteiger charge is 2.17. The van der Waals surface area contributed by atoms with Crippen LogP contribution < -0.4 is 5.32 Å². The van der Waals surface area contributed by atoms with E-state index in [0.29, 0.717) is 35.1 Å². The molecule has 0 radical (unpaired) electrons. The molecule has 3 aromatic rings. The maximum Gasteiger partial charge on any atom is 0.257 e. The summed E-state index contributed by atoms with van der Waals surface area (Å²) in [5.41, 5.74) is 1.90. The van der Waals surface area contributed by atoms with Crippen LogP contribution in [0.4, 0.5) is 0 Å². The number of aryl methyl sites for hydroxylation is 2. The molecule has 0 saturated carbocycles. The fraction of sp³-hybridized carbons (Fsp3) is 0.200. The van der Waals surface area contributed by atoms with E-state index in [0.717, 1.165) is 5.56 Å². The SMILES string of the molecule is Cc1noc(C)c1C(=O)NCc1ccc(-c2ccoc2)o1. The van der Waals surface area contributed by atoms with Gasteiger partial charge in [0.15, 0.2) is 0 Å². The topological polar surface area (TPSA) is 81.4 Å². The van der Waals surface area contributed by atoms with E-state index >= 15 is 0 Å². The van der Waals surface area contributed by atoms with Gasteiger partial charge in [0.05, 0.1) is 24.1 Å². The Kier molecular flexibility index (Phi) is 3.35. The maximum atomic E-state index is 12.1. The second-order valence-electron chi connectivity index (χ2n) is 4.66. The first-order valence-corrected chi connectivity index (χ1v) is 6.47. The molecule has 21 heavy (non-hydrogen) atoms. The average Bonchev–Trinajstić information content (AvgIpc) is 3.17. The summed E-state index contributed by atoms with van der Waals surface area (Å²) >= 11 is 0. The van der Waals surface area contributed by atoms with E-state index in [1.807, 2.05) is 18.2 Å². The van der Waals surface area contributed by atoms with Crippen molar-refractivity contribution in [1.29, 1.82) is 0 Å². The van der Waals surface area contributed by atoms with Gasteiger partial charge in [-0.05, 0) is 32.0 Å². The van der Waals surface area contributed by atoms with Gasteiger partial charge in [0.2, 0.25) is 0 Å². The van der Waals surface area contributed by atoms with E-state index in [4.69, 9.17) is 13.4 Å². The van der Waals surface area contributed by atoms with E-state index in [1.54, 1.807) is 26.4 Å². The zero-order valence-electron chi connectivity index (χ0n) is 11.7. The van der Waals surface area contributed by atoms with Gasteiger partial charge in [-0.15, -0.1) is 0 Å². The lowest BCUT2D eigenvalue weighted by molar-refractivity contribution is 0.0946. The smallest absolute Gasteiger partial charge is 0.257 e. The lowest BCUT2D eigenvalue weighted by atomic mass is 10.2. The Hall–Kier alpha value is -2.76. The second kappa shape index (κ2) is 5.32. The molecule has 3 rings (SSSR count). The van der Waals surface area contributed by atoms with Gasteiger partial charge in [-0.2, -0.15) is 0 Å². The van der Waals surface area contributed by atoms with Crippen molar-refractivity contribution in [2.45, 2.75) is 20.4 Å². The van der Waals surface area contributed by atoms with Crippen molar-refractivity contribution >= 4 is 5.91 Å². The third kappa shape index (κ3) is 2.60. The van der Waals surface area contributed by atoms with Gasteiger partial charge in [0.1, 0.15) is 29.1 Å². The summed E-state index contributed by atoms with van der Waals surface area (Å²) in [5.74, 6) is 1.63. The molecule has 0 fully saturated rings. The molecule has 108 valence electrons. The molecule has 0 aliphatic rings. The molecule has 0 atom stereocenters. The molecule has 0 spiro atoms. The van der Waals surface area contributed by atoms with E-state index in [9.17, 15) is 4.79 Å². The van der Waals surface area contributed by atoms with Crippen molar-refractivity contribution in [3.05, 3.63) is 53.5 Å². The summed E-state index contributed by atoms with van der Waals surface area (Å²) in [4.78, 5) is 12.1. The van der Waals surface area contributed by atoms with Crippen LogP contribution in [0.3, 0.4) is 0 Å². The third-order valence-corrected chi connectivity index (χ3v) is 3.15. The van der Waals surface area contributed by atoms with Crippen LogP contribution in [0.1, 0.15) is 27.6 Å². The van der Waals surface area contributed by atoms with Crippen molar-refractivity contribution in [3.8, 4) is 11.3 Å². The molecule has 3 aromatic heterocycles. The Bertz CT molecular complexity index is 733. The highest BCUT2D eigenvalue weighted by atomic mass is 16.5. The Morgan fingerprint density at radius 3 is 2.81 bits per heavy atom. The molecule has 0 unspecified atom stereocenters.